The van der Waals surface area contributed by atoms with Crippen molar-refractivity contribution < 1.29 is 14.7 Å². The first-order valence-electron chi connectivity index (χ1n) is 8.87. The van der Waals surface area contributed by atoms with Crippen molar-refractivity contribution in [2.75, 3.05) is 6.54 Å². The minimum Gasteiger partial charge on any atom is -0.476 e. The van der Waals surface area contributed by atoms with Crippen LogP contribution < -0.4 is 5.32 Å². The Morgan fingerprint density at radius 3 is 2.54 bits per heavy atom. The number of nitrogens with one attached hydrogen (secondary N) is 1. The van der Waals surface area contributed by atoms with Gasteiger partial charge in [0.1, 0.15) is 0 Å². The summed E-state index contributed by atoms with van der Waals surface area (Å²) in [7, 11) is 0. The van der Waals surface area contributed by atoms with Gasteiger partial charge in [-0.2, -0.15) is 5.10 Å². The molecule has 1 amide bonds. The zero-order valence-electron chi connectivity index (χ0n) is 16.0. The Morgan fingerprint density at radius 2 is 1.93 bits per heavy atom. The van der Waals surface area contributed by atoms with Crippen LogP contribution in [-0.4, -0.2) is 38.3 Å². The fraction of sp³-hybridized carbons (Fsp3) is 0.300. The predicted octanol–water partition coefficient (Wildman–Crippen LogP) is 3.30. The highest BCUT2D eigenvalue weighted by atomic mass is 32.1. The summed E-state index contributed by atoms with van der Waals surface area (Å²) in [5.74, 6) is -1.25. The minimum atomic E-state index is -1.05. The number of hydrogen-bond donors (Lipinski definition) is 2. The Bertz CT molecular complexity index is 987. The number of thiazole rings is 1. The molecule has 3 rings (SSSR count). The Kier molecular flexibility index (Phi) is 5.60. The van der Waals surface area contributed by atoms with Gasteiger partial charge in [-0.3, -0.25) is 4.79 Å². The molecule has 7 nitrogen and oxygen atoms in total. The van der Waals surface area contributed by atoms with Crippen molar-refractivity contribution in [1.29, 1.82) is 0 Å². The van der Waals surface area contributed by atoms with E-state index < -0.39 is 5.97 Å². The maximum absolute atomic E-state index is 12.8. The van der Waals surface area contributed by atoms with Gasteiger partial charge in [0.05, 0.1) is 22.0 Å². The van der Waals surface area contributed by atoms with E-state index in [1.807, 2.05) is 51.1 Å². The Balaban J connectivity index is 1.74. The maximum Gasteiger partial charge on any atom is 0.355 e. The molecule has 8 heteroatoms. The highest BCUT2D eigenvalue weighted by molar-refractivity contribution is 7.09. The molecule has 0 aliphatic carbocycles. The number of carbonyl (C=O) groups excluding carboxylic acids is 1. The van der Waals surface area contributed by atoms with Crippen LogP contribution in [0.1, 0.15) is 52.3 Å². The van der Waals surface area contributed by atoms with Crippen LogP contribution in [0.2, 0.25) is 0 Å². The maximum atomic E-state index is 12.8. The molecule has 146 valence electrons. The normalized spacial score (nSPS) is 11.4. The molecule has 0 saturated heterocycles. The van der Waals surface area contributed by atoms with E-state index in [0.717, 1.165) is 11.4 Å². The molecular formula is C20H22N4O3S. The highest BCUT2D eigenvalue weighted by Crippen LogP contribution is 2.25. The number of carboxylic acids is 1. The van der Waals surface area contributed by atoms with Gasteiger partial charge in [0.15, 0.2) is 5.69 Å². The largest absolute Gasteiger partial charge is 0.476 e. The van der Waals surface area contributed by atoms with E-state index >= 15 is 0 Å². The molecule has 0 fully saturated rings. The summed E-state index contributed by atoms with van der Waals surface area (Å²) in [4.78, 5) is 27.7. The second-order valence-corrected chi connectivity index (χ2v) is 8.30. The van der Waals surface area contributed by atoms with Gasteiger partial charge in [-0.05, 0) is 12.1 Å². The lowest BCUT2D eigenvalue weighted by Gasteiger charge is -2.17. The van der Waals surface area contributed by atoms with Crippen LogP contribution in [0.3, 0.4) is 0 Å². The summed E-state index contributed by atoms with van der Waals surface area (Å²) in [5.41, 5.74) is 1.87. The molecule has 0 saturated carbocycles. The number of rotatable bonds is 6. The summed E-state index contributed by atoms with van der Waals surface area (Å²) in [6, 6.07) is 9.65. The smallest absolute Gasteiger partial charge is 0.355 e. The van der Waals surface area contributed by atoms with Crippen molar-refractivity contribution in [2.24, 2.45) is 0 Å². The van der Waals surface area contributed by atoms with E-state index in [4.69, 9.17) is 5.11 Å². The lowest BCUT2D eigenvalue weighted by atomic mass is 9.89. The van der Waals surface area contributed by atoms with Crippen molar-refractivity contribution >= 4 is 23.2 Å². The molecule has 0 unspecified atom stereocenters. The Morgan fingerprint density at radius 1 is 1.21 bits per heavy atom. The molecule has 2 aromatic heterocycles. The summed E-state index contributed by atoms with van der Waals surface area (Å²) >= 11 is 1.27. The highest BCUT2D eigenvalue weighted by Gasteiger charge is 2.26. The summed E-state index contributed by atoms with van der Waals surface area (Å²) in [6.45, 7) is 6.42. The summed E-state index contributed by atoms with van der Waals surface area (Å²) in [5, 5.41) is 18.6. The van der Waals surface area contributed by atoms with Crippen molar-refractivity contribution in [1.82, 2.24) is 20.1 Å². The van der Waals surface area contributed by atoms with Crippen molar-refractivity contribution in [3.8, 4) is 5.69 Å². The van der Waals surface area contributed by atoms with Gasteiger partial charge in [0.2, 0.25) is 0 Å². The average Bonchev–Trinajstić information content (AvgIpc) is 3.29. The molecule has 0 aliphatic rings. The van der Waals surface area contributed by atoms with E-state index in [0.29, 0.717) is 23.5 Å². The second-order valence-electron chi connectivity index (χ2n) is 7.36. The van der Waals surface area contributed by atoms with Crippen LogP contribution in [0.4, 0.5) is 0 Å². The number of benzene rings is 1. The first kappa shape index (κ1) is 19.8. The number of hydrogen-bond acceptors (Lipinski definition) is 5. The molecule has 0 aliphatic heterocycles. The monoisotopic (exact) mass is 398 g/mol. The number of para-hydroxylation sites is 1. The van der Waals surface area contributed by atoms with E-state index in [1.165, 1.54) is 16.7 Å². The third-order valence-corrected chi connectivity index (χ3v) is 4.99. The Labute approximate surface area is 167 Å². The van der Waals surface area contributed by atoms with Gasteiger partial charge in [-0.1, -0.05) is 39.0 Å². The topological polar surface area (TPSA) is 97.1 Å². The molecule has 1 aromatic carbocycles. The molecule has 0 atom stereocenters. The van der Waals surface area contributed by atoms with Crippen LogP contribution in [0.5, 0.6) is 0 Å². The fourth-order valence-electron chi connectivity index (χ4n) is 2.71. The van der Waals surface area contributed by atoms with E-state index in [9.17, 15) is 9.59 Å². The average molecular weight is 398 g/mol. The van der Waals surface area contributed by atoms with Crippen molar-refractivity contribution in [2.45, 2.75) is 32.6 Å². The number of carbonyl (C=O) groups is 2. The molecule has 2 heterocycles. The lowest BCUT2D eigenvalue weighted by molar-refractivity contribution is 0.0690. The Hall–Kier alpha value is -3.00. The number of carboxylic acid groups (broad SMARTS) is 1. The quantitative estimate of drug-likeness (QED) is 0.664. The number of aromatic nitrogens is 3. The molecule has 3 aromatic rings. The molecule has 0 bridgehead atoms. The molecule has 0 spiro atoms. The van der Waals surface area contributed by atoms with Crippen molar-refractivity contribution in [3.63, 3.8) is 0 Å². The number of amides is 1. The molecule has 2 N–H and O–H groups in total. The zero-order chi connectivity index (χ0) is 20.3. The molecule has 0 radical (unpaired) electrons. The van der Waals surface area contributed by atoms with Crippen LogP contribution in [-0.2, 0) is 11.8 Å². The third kappa shape index (κ3) is 4.45. The van der Waals surface area contributed by atoms with Crippen LogP contribution in [0.15, 0.2) is 41.9 Å². The van der Waals surface area contributed by atoms with Crippen LogP contribution in [0, 0.1) is 0 Å². The minimum absolute atomic E-state index is 0.0329. The zero-order valence-corrected chi connectivity index (χ0v) is 16.8. The lowest BCUT2D eigenvalue weighted by Crippen LogP contribution is -2.28. The van der Waals surface area contributed by atoms with Gasteiger partial charge in [-0.15, -0.1) is 11.3 Å². The van der Waals surface area contributed by atoms with E-state index in [2.05, 4.69) is 15.4 Å². The standard InChI is InChI=1S/C20H22N4O3S/c1-20(2,3)17-14(11-24(23-17)13-7-5-4-6-8-13)18(25)21-10-9-16-22-15(12-28-16)19(26)27/h4-8,11-12H,9-10H2,1-3H3,(H,21,25)(H,26,27). The molecular weight excluding hydrogens is 376 g/mol. The van der Waals surface area contributed by atoms with Gasteiger partial charge >= 0.3 is 5.97 Å². The van der Waals surface area contributed by atoms with Crippen LogP contribution >= 0.6 is 11.3 Å². The second kappa shape index (κ2) is 7.93. The molecule has 28 heavy (non-hydrogen) atoms. The predicted molar refractivity (Wildman–Crippen MR) is 107 cm³/mol. The third-order valence-electron chi connectivity index (χ3n) is 4.09. The first-order valence-corrected chi connectivity index (χ1v) is 9.75. The SMILES string of the molecule is CC(C)(C)c1nn(-c2ccccc2)cc1C(=O)NCCc1nc(C(=O)O)cs1. The number of aromatic carboxylic acids is 1. The van der Waals surface area contributed by atoms with Gasteiger partial charge < -0.3 is 10.4 Å². The van der Waals surface area contributed by atoms with Gasteiger partial charge in [0.25, 0.3) is 5.91 Å². The van der Waals surface area contributed by atoms with Crippen LogP contribution in [0.25, 0.3) is 5.69 Å². The summed E-state index contributed by atoms with van der Waals surface area (Å²) in [6.07, 6.45) is 2.22. The van der Waals surface area contributed by atoms with Crippen molar-refractivity contribution in [3.05, 3.63) is 63.9 Å². The van der Waals surface area contributed by atoms with E-state index in [-0.39, 0.29) is 17.0 Å². The summed E-state index contributed by atoms with van der Waals surface area (Å²) < 4.78 is 1.72. The fourth-order valence-corrected chi connectivity index (χ4v) is 3.48. The van der Waals surface area contributed by atoms with Gasteiger partial charge in [-0.25, -0.2) is 14.5 Å². The number of nitrogens with zero attached hydrogens (tertiary/aromatic N) is 3. The van der Waals surface area contributed by atoms with E-state index in [1.54, 1.807) is 10.9 Å². The first-order chi connectivity index (χ1) is 13.3. The van der Waals surface area contributed by atoms with Gasteiger partial charge in [0, 0.05) is 30.0 Å².